The standard InChI is InChI=1S/C14H24N2OS/c1-10(2)7-16(8-11(3)4)14(17)6-13-9-18-12(5)15-13/h9-11H,6-8H2,1-5H3. The van der Waals surface area contributed by atoms with E-state index in [-0.39, 0.29) is 5.91 Å². The number of carbonyl (C=O) groups is 1. The number of rotatable bonds is 6. The first-order valence-electron chi connectivity index (χ1n) is 6.57. The monoisotopic (exact) mass is 268 g/mol. The van der Waals surface area contributed by atoms with Crippen molar-refractivity contribution in [1.82, 2.24) is 9.88 Å². The van der Waals surface area contributed by atoms with Crippen LogP contribution in [0.4, 0.5) is 0 Å². The summed E-state index contributed by atoms with van der Waals surface area (Å²) >= 11 is 1.60. The number of aromatic nitrogens is 1. The second kappa shape index (κ2) is 6.88. The van der Waals surface area contributed by atoms with Crippen molar-refractivity contribution in [1.29, 1.82) is 0 Å². The van der Waals surface area contributed by atoms with Crippen LogP contribution < -0.4 is 0 Å². The van der Waals surface area contributed by atoms with Gasteiger partial charge in [0.2, 0.25) is 5.91 Å². The first-order valence-corrected chi connectivity index (χ1v) is 7.45. The van der Waals surface area contributed by atoms with Crippen LogP contribution in [0.5, 0.6) is 0 Å². The van der Waals surface area contributed by atoms with Crippen LogP contribution in [0, 0.1) is 18.8 Å². The highest BCUT2D eigenvalue weighted by molar-refractivity contribution is 7.09. The maximum atomic E-state index is 12.3. The first kappa shape index (κ1) is 15.2. The number of amides is 1. The Morgan fingerprint density at radius 3 is 2.22 bits per heavy atom. The van der Waals surface area contributed by atoms with Gasteiger partial charge in [-0.15, -0.1) is 11.3 Å². The van der Waals surface area contributed by atoms with Crippen LogP contribution >= 0.6 is 11.3 Å². The Balaban J connectivity index is 2.63. The molecule has 0 N–H and O–H groups in total. The summed E-state index contributed by atoms with van der Waals surface area (Å²) in [6.45, 7) is 12.2. The molecular weight excluding hydrogens is 244 g/mol. The predicted octanol–water partition coefficient (Wildman–Crippen LogP) is 3.13. The molecule has 1 amide bonds. The van der Waals surface area contributed by atoms with Crippen LogP contribution in [-0.2, 0) is 11.2 Å². The van der Waals surface area contributed by atoms with E-state index < -0.39 is 0 Å². The summed E-state index contributed by atoms with van der Waals surface area (Å²) in [6, 6.07) is 0. The van der Waals surface area contributed by atoms with Crippen molar-refractivity contribution in [2.24, 2.45) is 11.8 Å². The van der Waals surface area contributed by atoms with Crippen LogP contribution in [-0.4, -0.2) is 28.9 Å². The van der Waals surface area contributed by atoms with E-state index in [0.29, 0.717) is 18.3 Å². The largest absolute Gasteiger partial charge is 0.342 e. The molecule has 0 aliphatic carbocycles. The molecule has 0 radical (unpaired) electrons. The molecule has 0 saturated carbocycles. The topological polar surface area (TPSA) is 33.2 Å². The van der Waals surface area contributed by atoms with Crippen LogP contribution in [0.1, 0.15) is 38.4 Å². The lowest BCUT2D eigenvalue weighted by Crippen LogP contribution is -2.38. The van der Waals surface area contributed by atoms with Crippen molar-refractivity contribution < 1.29 is 4.79 Å². The molecule has 1 aromatic rings. The number of nitrogens with zero attached hydrogens (tertiary/aromatic N) is 2. The zero-order chi connectivity index (χ0) is 13.7. The fourth-order valence-corrected chi connectivity index (χ4v) is 2.53. The van der Waals surface area contributed by atoms with Crippen LogP contribution in [0.15, 0.2) is 5.38 Å². The van der Waals surface area contributed by atoms with E-state index in [2.05, 4.69) is 32.7 Å². The molecule has 0 unspecified atom stereocenters. The van der Waals surface area contributed by atoms with Gasteiger partial charge in [0.25, 0.3) is 0 Å². The van der Waals surface area contributed by atoms with Gasteiger partial charge >= 0.3 is 0 Å². The Bertz CT molecular complexity index is 375. The molecule has 102 valence electrons. The van der Waals surface area contributed by atoms with Gasteiger partial charge in [0.1, 0.15) is 0 Å². The molecule has 0 aromatic carbocycles. The fourth-order valence-electron chi connectivity index (χ4n) is 1.92. The van der Waals surface area contributed by atoms with E-state index in [1.807, 2.05) is 17.2 Å². The van der Waals surface area contributed by atoms with Crippen LogP contribution in [0.2, 0.25) is 0 Å². The highest BCUT2D eigenvalue weighted by atomic mass is 32.1. The van der Waals surface area contributed by atoms with Crippen LogP contribution in [0.3, 0.4) is 0 Å². The summed E-state index contributed by atoms with van der Waals surface area (Å²) in [6.07, 6.45) is 0.434. The minimum atomic E-state index is 0.197. The lowest BCUT2D eigenvalue weighted by Gasteiger charge is -2.26. The average Bonchev–Trinajstić information content (AvgIpc) is 2.61. The molecule has 1 aromatic heterocycles. The van der Waals surface area contributed by atoms with Gasteiger partial charge in [0, 0.05) is 18.5 Å². The first-order chi connectivity index (χ1) is 8.38. The maximum absolute atomic E-state index is 12.3. The number of hydrogen-bond donors (Lipinski definition) is 0. The zero-order valence-electron chi connectivity index (χ0n) is 12.1. The molecule has 0 spiro atoms. The molecule has 0 aliphatic heterocycles. The third-order valence-electron chi connectivity index (χ3n) is 2.52. The van der Waals surface area contributed by atoms with Gasteiger partial charge in [-0.2, -0.15) is 0 Å². The number of aryl methyl sites for hydroxylation is 1. The average molecular weight is 268 g/mol. The third-order valence-corrected chi connectivity index (χ3v) is 3.35. The molecular formula is C14H24N2OS. The van der Waals surface area contributed by atoms with Gasteiger partial charge in [0.15, 0.2) is 0 Å². The molecule has 0 atom stereocenters. The minimum absolute atomic E-state index is 0.197. The Labute approximate surface area is 114 Å². The number of thiazole rings is 1. The van der Waals surface area contributed by atoms with Crippen molar-refractivity contribution in [3.05, 3.63) is 16.1 Å². The molecule has 1 heterocycles. The summed E-state index contributed by atoms with van der Waals surface area (Å²) in [5, 5.41) is 3.01. The zero-order valence-corrected chi connectivity index (χ0v) is 12.9. The van der Waals surface area contributed by atoms with E-state index in [9.17, 15) is 4.79 Å². The van der Waals surface area contributed by atoms with Crippen molar-refractivity contribution >= 4 is 17.2 Å². The lowest BCUT2D eigenvalue weighted by molar-refractivity contribution is -0.131. The number of hydrogen-bond acceptors (Lipinski definition) is 3. The van der Waals surface area contributed by atoms with Crippen molar-refractivity contribution in [2.75, 3.05) is 13.1 Å². The maximum Gasteiger partial charge on any atom is 0.228 e. The van der Waals surface area contributed by atoms with Crippen molar-refractivity contribution in [3.8, 4) is 0 Å². The van der Waals surface area contributed by atoms with Crippen LogP contribution in [0.25, 0.3) is 0 Å². The van der Waals surface area contributed by atoms with E-state index in [4.69, 9.17) is 0 Å². The Kier molecular flexibility index (Phi) is 5.79. The molecule has 0 aliphatic rings. The van der Waals surface area contributed by atoms with Gasteiger partial charge in [-0.25, -0.2) is 4.98 Å². The molecule has 3 nitrogen and oxygen atoms in total. The van der Waals surface area contributed by atoms with Crippen molar-refractivity contribution in [3.63, 3.8) is 0 Å². The van der Waals surface area contributed by atoms with Crippen molar-refractivity contribution in [2.45, 2.75) is 41.0 Å². The minimum Gasteiger partial charge on any atom is -0.342 e. The molecule has 0 bridgehead atoms. The fraction of sp³-hybridized carbons (Fsp3) is 0.714. The van der Waals surface area contributed by atoms with E-state index in [1.165, 1.54) is 0 Å². The van der Waals surface area contributed by atoms with Gasteiger partial charge in [-0.1, -0.05) is 27.7 Å². The lowest BCUT2D eigenvalue weighted by atomic mass is 10.1. The summed E-state index contributed by atoms with van der Waals surface area (Å²) in [7, 11) is 0. The Hall–Kier alpha value is -0.900. The molecule has 4 heteroatoms. The predicted molar refractivity (Wildman–Crippen MR) is 76.8 cm³/mol. The van der Waals surface area contributed by atoms with E-state index >= 15 is 0 Å². The molecule has 1 rings (SSSR count). The normalized spacial score (nSPS) is 11.3. The molecule has 18 heavy (non-hydrogen) atoms. The molecule has 0 fully saturated rings. The summed E-state index contributed by atoms with van der Waals surface area (Å²) in [5.74, 6) is 1.21. The summed E-state index contributed by atoms with van der Waals surface area (Å²) in [5.41, 5.74) is 0.903. The van der Waals surface area contributed by atoms with Gasteiger partial charge < -0.3 is 4.90 Å². The highest BCUT2D eigenvalue weighted by Gasteiger charge is 2.17. The summed E-state index contributed by atoms with van der Waals surface area (Å²) in [4.78, 5) is 18.6. The second-order valence-electron chi connectivity index (χ2n) is 5.62. The Morgan fingerprint density at radius 1 is 1.28 bits per heavy atom. The van der Waals surface area contributed by atoms with Gasteiger partial charge in [0.05, 0.1) is 17.1 Å². The quantitative estimate of drug-likeness (QED) is 0.794. The smallest absolute Gasteiger partial charge is 0.228 e. The third kappa shape index (κ3) is 5.17. The number of carbonyl (C=O) groups excluding carboxylic acids is 1. The summed E-state index contributed by atoms with van der Waals surface area (Å²) < 4.78 is 0. The highest BCUT2D eigenvalue weighted by Crippen LogP contribution is 2.11. The Morgan fingerprint density at radius 2 is 1.83 bits per heavy atom. The van der Waals surface area contributed by atoms with Gasteiger partial charge in [-0.3, -0.25) is 4.79 Å². The second-order valence-corrected chi connectivity index (χ2v) is 6.68. The van der Waals surface area contributed by atoms with E-state index in [0.717, 1.165) is 23.8 Å². The molecule has 0 saturated heterocycles. The van der Waals surface area contributed by atoms with Gasteiger partial charge in [-0.05, 0) is 18.8 Å². The SMILES string of the molecule is Cc1nc(CC(=O)N(CC(C)C)CC(C)C)cs1. The van der Waals surface area contributed by atoms with E-state index in [1.54, 1.807) is 11.3 Å².